The first-order valence-electron chi connectivity index (χ1n) is 15.9. The molecule has 2 heteroatoms. The molecule has 214 valence electrons. The molecule has 0 aliphatic rings. The van der Waals surface area contributed by atoms with E-state index in [4.69, 9.17) is 0 Å². The summed E-state index contributed by atoms with van der Waals surface area (Å²) in [6.07, 6.45) is 0. The Bertz CT molecular complexity index is 2800. The normalized spacial score (nSPS) is 11.9. The van der Waals surface area contributed by atoms with E-state index in [-0.39, 0.29) is 0 Å². The summed E-state index contributed by atoms with van der Waals surface area (Å²) < 4.78 is 4.93. The third-order valence-corrected chi connectivity index (χ3v) is 9.65. The molecule has 0 unspecified atom stereocenters. The number of rotatable bonds is 3. The molecule has 0 atom stereocenters. The summed E-state index contributed by atoms with van der Waals surface area (Å²) in [6, 6.07) is 62.0. The lowest BCUT2D eigenvalue weighted by Crippen LogP contribution is -1.96. The van der Waals surface area contributed by atoms with Crippen molar-refractivity contribution in [1.29, 1.82) is 0 Å². The summed E-state index contributed by atoms with van der Waals surface area (Å²) in [5, 5.41) is 10.1. The van der Waals surface area contributed by atoms with Gasteiger partial charge in [-0.15, -0.1) is 0 Å². The fraction of sp³-hybridized carbons (Fsp3) is 0. The van der Waals surface area contributed by atoms with E-state index in [1.807, 2.05) is 0 Å². The molecule has 2 nitrogen and oxygen atoms in total. The average molecular weight is 585 g/mol. The topological polar surface area (TPSA) is 9.86 Å². The molecule has 10 aromatic rings. The van der Waals surface area contributed by atoms with Crippen LogP contribution in [0.2, 0.25) is 0 Å². The first-order chi connectivity index (χ1) is 22.8. The minimum absolute atomic E-state index is 1.17. The zero-order chi connectivity index (χ0) is 30.2. The highest BCUT2D eigenvalue weighted by Gasteiger charge is 2.22. The Morgan fingerprint density at radius 2 is 0.870 bits per heavy atom. The summed E-state index contributed by atoms with van der Waals surface area (Å²) in [7, 11) is 0. The lowest BCUT2D eigenvalue weighted by atomic mass is 10.0. The van der Waals surface area contributed by atoms with Crippen molar-refractivity contribution >= 4 is 65.2 Å². The second kappa shape index (κ2) is 9.69. The van der Waals surface area contributed by atoms with Crippen molar-refractivity contribution in [2.75, 3.05) is 0 Å². The Balaban J connectivity index is 1.38. The molecule has 0 aliphatic heterocycles. The lowest BCUT2D eigenvalue weighted by Gasteiger charge is -2.13. The van der Waals surface area contributed by atoms with E-state index in [1.54, 1.807) is 0 Å². The van der Waals surface area contributed by atoms with Gasteiger partial charge in [0.25, 0.3) is 0 Å². The number of hydrogen-bond donors (Lipinski definition) is 0. The van der Waals surface area contributed by atoms with Crippen LogP contribution in [-0.2, 0) is 0 Å². The molecule has 0 radical (unpaired) electrons. The zero-order valence-electron chi connectivity index (χ0n) is 25.1. The minimum atomic E-state index is 1.17. The van der Waals surface area contributed by atoms with E-state index in [0.29, 0.717) is 0 Å². The smallest absolute Gasteiger partial charge is 0.0619 e. The van der Waals surface area contributed by atoms with Crippen LogP contribution < -0.4 is 0 Å². The van der Waals surface area contributed by atoms with Crippen LogP contribution in [-0.4, -0.2) is 9.13 Å². The van der Waals surface area contributed by atoms with E-state index in [1.165, 1.54) is 87.7 Å². The average Bonchev–Trinajstić information content (AvgIpc) is 3.64. The van der Waals surface area contributed by atoms with Gasteiger partial charge in [0.1, 0.15) is 0 Å². The molecule has 2 aromatic heterocycles. The maximum absolute atomic E-state index is 2.49. The molecule has 0 fully saturated rings. The van der Waals surface area contributed by atoms with Gasteiger partial charge in [-0.3, -0.25) is 0 Å². The van der Waals surface area contributed by atoms with E-state index in [2.05, 4.69) is 179 Å². The highest BCUT2D eigenvalue weighted by Crippen LogP contribution is 2.45. The Hall–Kier alpha value is -6.12. The fourth-order valence-corrected chi connectivity index (χ4v) is 7.64. The van der Waals surface area contributed by atoms with Gasteiger partial charge in [-0.25, -0.2) is 0 Å². The first kappa shape index (κ1) is 25.2. The summed E-state index contributed by atoms with van der Waals surface area (Å²) in [5.74, 6) is 0. The molecule has 10 rings (SSSR count). The van der Waals surface area contributed by atoms with Gasteiger partial charge >= 0.3 is 0 Å². The summed E-state index contributed by atoms with van der Waals surface area (Å²) in [5.41, 5.74) is 9.66. The highest BCUT2D eigenvalue weighted by atomic mass is 15.0. The largest absolute Gasteiger partial charge is 0.309 e. The quantitative estimate of drug-likeness (QED) is 0.195. The molecule has 0 saturated carbocycles. The molecule has 8 aromatic carbocycles. The van der Waals surface area contributed by atoms with Crippen LogP contribution in [0.4, 0.5) is 0 Å². The van der Waals surface area contributed by atoms with Crippen LogP contribution in [0.1, 0.15) is 0 Å². The van der Waals surface area contributed by atoms with Gasteiger partial charge < -0.3 is 9.13 Å². The van der Waals surface area contributed by atoms with Crippen LogP contribution in [0.5, 0.6) is 0 Å². The fourth-order valence-electron chi connectivity index (χ4n) is 7.64. The van der Waals surface area contributed by atoms with Crippen LogP contribution in [0.25, 0.3) is 87.7 Å². The van der Waals surface area contributed by atoms with Gasteiger partial charge in [-0.05, 0) is 69.6 Å². The maximum Gasteiger partial charge on any atom is 0.0619 e. The second-order valence-electron chi connectivity index (χ2n) is 12.2. The zero-order valence-corrected chi connectivity index (χ0v) is 25.1. The van der Waals surface area contributed by atoms with Crippen LogP contribution in [0.3, 0.4) is 0 Å². The number of hydrogen-bond acceptors (Lipinski definition) is 0. The number of para-hydroxylation sites is 2. The van der Waals surface area contributed by atoms with Crippen molar-refractivity contribution in [2.45, 2.75) is 0 Å². The molecule has 0 aliphatic carbocycles. The number of fused-ring (bicyclic) bond motifs is 9. The molecule has 0 saturated heterocycles. The number of nitrogens with zero attached hydrogens (tertiary/aromatic N) is 2. The Labute approximate surface area is 266 Å². The van der Waals surface area contributed by atoms with E-state index in [9.17, 15) is 0 Å². The van der Waals surface area contributed by atoms with Crippen molar-refractivity contribution in [2.24, 2.45) is 0 Å². The van der Waals surface area contributed by atoms with Crippen LogP contribution in [0, 0.1) is 0 Å². The number of benzene rings is 8. The van der Waals surface area contributed by atoms with Gasteiger partial charge in [-0.1, -0.05) is 127 Å². The van der Waals surface area contributed by atoms with Crippen LogP contribution >= 0.6 is 0 Å². The Morgan fingerprint density at radius 1 is 0.326 bits per heavy atom. The highest BCUT2D eigenvalue weighted by molar-refractivity contribution is 6.30. The second-order valence-corrected chi connectivity index (χ2v) is 12.2. The van der Waals surface area contributed by atoms with Crippen LogP contribution in [0.15, 0.2) is 170 Å². The first-order valence-corrected chi connectivity index (χ1v) is 15.9. The summed E-state index contributed by atoms with van der Waals surface area (Å²) in [6.45, 7) is 0. The molecular weight excluding hydrogens is 556 g/mol. The lowest BCUT2D eigenvalue weighted by molar-refractivity contribution is 1.18. The Kier molecular flexibility index (Phi) is 5.31. The van der Waals surface area contributed by atoms with Crippen molar-refractivity contribution in [1.82, 2.24) is 9.13 Å². The molecule has 0 bridgehead atoms. The standard InChI is InChI=1S/C44H28N2/c1-2-13-31(14-3-1)36-18-10-19-38-43-41(46(44(36)38)35-24-22-30-12-5-7-16-33(30)28-35)26-25-40-42(43)37-17-8-9-20-39(37)45(40)34-23-21-29-11-4-6-15-32(29)27-34/h1-28H. The van der Waals surface area contributed by atoms with Crippen molar-refractivity contribution in [3.63, 3.8) is 0 Å². The molecule has 0 spiro atoms. The predicted octanol–water partition coefficient (Wildman–Crippen LogP) is 11.9. The van der Waals surface area contributed by atoms with E-state index < -0.39 is 0 Å². The summed E-state index contributed by atoms with van der Waals surface area (Å²) in [4.78, 5) is 0. The molecule has 0 N–H and O–H groups in total. The monoisotopic (exact) mass is 584 g/mol. The SMILES string of the molecule is c1ccc(-c2cccc3c4c5c6ccccc6n(-c6ccc7ccccc7c6)c5ccc4n(-c4ccc5ccccc5c4)c23)cc1. The maximum atomic E-state index is 2.49. The number of aromatic nitrogens is 2. The van der Waals surface area contributed by atoms with E-state index in [0.717, 1.165) is 0 Å². The van der Waals surface area contributed by atoms with Crippen molar-refractivity contribution in [3.05, 3.63) is 170 Å². The molecule has 0 amide bonds. The molecule has 46 heavy (non-hydrogen) atoms. The van der Waals surface area contributed by atoms with E-state index >= 15 is 0 Å². The van der Waals surface area contributed by atoms with Gasteiger partial charge in [0.15, 0.2) is 0 Å². The summed E-state index contributed by atoms with van der Waals surface area (Å²) >= 11 is 0. The third-order valence-electron chi connectivity index (χ3n) is 9.65. The third kappa shape index (κ3) is 3.59. The van der Waals surface area contributed by atoms with Gasteiger partial charge in [0.2, 0.25) is 0 Å². The predicted molar refractivity (Wildman–Crippen MR) is 196 cm³/mol. The molecular formula is C44H28N2. The minimum Gasteiger partial charge on any atom is -0.309 e. The Morgan fingerprint density at radius 3 is 1.59 bits per heavy atom. The van der Waals surface area contributed by atoms with Crippen molar-refractivity contribution < 1.29 is 0 Å². The van der Waals surface area contributed by atoms with Gasteiger partial charge in [0.05, 0.1) is 22.1 Å². The molecule has 2 heterocycles. The van der Waals surface area contributed by atoms with Gasteiger partial charge in [0, 0.05) is 38.5 Å². The van der Waals surface area contributed by atoms with Gasteiger partial charge in [-0.2, -0.15) is 0 Å². The van der Waals surface area contributed by atoms with Crippen molar-refractivity contribution in [3.8, 4) is 22.5 Å².